The lowest BCUT2D eigenvalue weighted by Crippen LogP contribution is -2.24. The number of nitrogens with zero attached hydrogens (tertiary/aromatic N) is 2. The van der Waals surface area contributed by atoms with E-state index in [4.69, 9.17) is 16.3 Å². The molecule has 0 amide bonds. The monoisotopic (exact) mass is 334 g/mol. The van der Waals surface area contributed by atoms with Crippen LogP contribution in [0.15, 0.2) is 54.6 Å². The Morgan fingerprint density at radius 1 is 1.35 bits per heavy atom. The third kappa shape index (κ3) is 5.48. The van der Waals surface area contributed by atoms with Gasteiger partial charge in [-0.25, -0.2) is 4.98 Å². The van der Waals surface area contributed by atoms with Crippen LogP contribution in [0.25, 0.3) is 0 Å². The quantitative estimate of drug-likeness (QED) is 0.597. The van der Waals surface area contributed by atoms with Gasteiger partial charge in [0.05, 0.1) is 4.92 Å². The number of pyridine rings is 1. The normalized spacial score (nSPS) is 11.0. The molecule has 0 fully saturated rings. The Labute approximate surface area is 138 Å². The van der Waals surface area contributed by atoms with Crippen LogP contribution >= 0.6 is 11.6 Å². The number of aromatic nitrogens is 1. The first-order chi connectivity index (χ1) is 11.1. The second-order valence-electron chi connectivity index (χ2n) is 4.49. The molecule has 2 N–H and O–H groups in total. The van der Waals surface area contributed by atoms with E-state index in [0.717, 1.165) is 11.8 Å². The molecule has 0 aliphatic carbocycles. The van der Waals surface area contributed by atoms with Crippen LogP contribution in [-0.4, -0.2) is 17.0 Å². The molecule has 0 spiro atoms. The molecule has 0 saturated heterocycles. The van der Waals surface area contributed by atoms with Gasteiger partial charge in [-0.15, -0.1) is 0 Å². The SMILES string of the molecule is CNC(=C[N+](=O)[O-])NCc1ccc(Oc2ccc(Cl)cc2)nc1. The summed E-state index contributed by atoms with van der Waals surface area (Å²) in [5.41, 5.74) is 0.859. The van der Waals surface area contributed by atoms with E-state index in [1.807, 2.05) is 6.07 Å². The molecule has 0 saturated carbocycles. The lowest BCUT2D eigenvalue weighted by Gasteiger charge is -2.09. The maximum Gasteiger partial charge on any atom is 0.274 e. The maximum atomic E-state index is 10.4. The molecule has 2 rings (SSSR count). The van der Waals surface area contributed by atoms with Gasteiger partial charge in [-0.05, 0) is 29.8 Å². The number of nitrogens with one attached hydrogen (secondary N) is 2. The van der Waals surface area contributed by atoms with Crippen molar-refractivity contribution in [2.75, 3.05) is 7.05 Å². The molecule has 0 aliphatic heterocycles. The zero-order chi connectivity index (χ0) is 16.7. The fourth-order valence-electron chi connectivity index (χ4n) is 1.70. The Hall–Kier alpha value is -2.80. The third-order valence-electron chi connectivity index (χ3n) is 2.82. The average molecular weight is 335 g/mol. The standard InChI is InChI=1S/C15H15ClN4O3/c1-17-14(10-20(21)22)18-8-11-2-7-15(19-9-11)23-13-5-3-12(16)4-6-13/h2-7,9-10,17-18H,8H2,1H3. The predicted octanol–water partition coefficient (Wildman–Crippen LogP) is 2.91. The largest absolute Gasteiger partial charge is 0.439 e. The first kappa shape index (κ1) is 16.6. The number of hydrogen-bond donors (Lipinski definition) is 2. The van der Waals surface area contributed by atoms with E-state index < -0.39 is 4.92 Å². The summed E-state index contributed by atoms with van der Waals surface area (Å²) >= 11 is 5.81. The molecular weight excluding hydrogens is 320 g/mol. The van der Waals surface area contributed by atoms with Gasteiger partial charge in [-0.2, -0.15) is 0 Å². The van der Waals surface area contributed by atoms with Crippen molar-refractivity contribution < 1.29 is 9.66 Å². The van der Waals surface area contributed by atoms with Crippen molar-refractivity contribution in [1.82, 2.24) is 15.6 Å². The van der Waals surface area contributed by atoms with Crippen molar-refractivity contribution in [2.24, 2.45) is 0 Å². The number of rotatable bonds is 7. The first-order valence-corrected chi connectivity index (χ1v) is 7.10. The van der Waals surface area contributed by atoms with Gasteiger partial charge in [0.2, 0.25) is 5.88 Å². The smallest absolute Gasteiger partial charge is 0.274 e. The molecule has 0 bridgehead atoms. The molecule has 2 aromatic rings. The number of benzene rings is 1. The summed E-state index contributed by atoms with van der Waals surface area (Å²) < 4.78 is 5.58. The van der Waals surface area contributed by atoms with Gasteiger partial charge in [0, 0.05) is 30.9 Å². The minimum Gasteiger partial charge on any atom is -0.439 e. The minimum atomic E-state index is -0.528. The van der Waals surface area contributed by atoms with E-state index in [-0.39, 0.29) is 0 Å². The number of halogens is 1. The summed E-state index contributed by atoms with van der Waals surface area (Å²) in [5, 5.41) is 16.7. The molecular formula is C15H15ClN4O3. The predicted molar refractivity (Wildman–Crippen MR) is 86.7 cm³/mol. The summed E-state index contributed by atoms with van der Waals surface area (Å²) in [4.78, 5) is 14.1. The minimum absolute atomic E-state index is 0.316. The van der Waals surface area contributed by atoms with Crippen LogP contribution < -0.4 is 15.4 Å². The molecule has 0 unspecified atom stereocenters. The molecule has 8 heteroatoms. The zero-order valence-electron chi connectivity index (χ0n) is 12.3. The van der Waals surface area contributed by atoms with Crippen molar-refractivity contribution in [2.45, 2.75) is 6.54 Å². The van der Waals surface area contributed by atoms with E-state index in [2.05, 4.69) is 15.6 Å². The lowest BCUT2D eigenvalue weighted by atomic mass is 10.3. The Morgan fingerprint density at radius 3 is 2.65 bits per heavy atom. The molecule has 0 aliphatic rings. The van der Waals surface area contributed by atoms with Crippen LogP contribution in [0.2, 0.25) is 5.02 Å². The number of hydrogen-bond acceptors (Lipinski definition) is 6. The molecule has 120 valence electrons. The summed E-state index contributed by atoms with van der Waals surface area (Å²) in [6.07, 6.45) is 2.50. The Kier molecular flexibility index (Phi) is 5.76. The Bertz CT molecular complexity index is 687. The van der Waals surface area contributed by atoms with E-state index >= 15 is 0 Å². The molecule has 1 aromatic carbocycles. The van der Waals surface area contributed by atoms with Crippen LogP contribution in [0.3, 0.4) is 0 Å². The second kappa shape index (κ2) is 8.00. The average Bonchev–Trinajstić information content (AvgIpc) is 2.54. The summed E-state index contributed by atoms with van der Waals surface area (Å²) in [6.45, 7) is 0.398. The van der Waals surface area contributed by atoms with Gasteiger partial charge < -0.3 is 15.4 Å². The van der Waals surface area contributed by atoms with Gasteiger partial charge in [0.15, 0.2) is 5.82 Å². The fraction of sp³-hybridized carbons (Fsp3) is 0.133. The molecule has 7 nitrogen and oxygen atoms in total. The van der Waals surface area contributed by atoms with Gasteiger partial charge in [-0.1, -0.05) is 17.7 Å². The third-order valence-corrected chi connectivity index (χ3v) is 3.07. The highest BCUT2D eigenvalue weighted by Crippen LogP contribution is 2.21. The number of ether oxygens (including phenoxy) is 1. The van der Waals surface area contributed by atoms with Crippen LogP contribution in [0.1, 0.15) is 5.56 Å². The summed E-state index contributed by atoms with van der Waals surface area (Å²) in [6, 6.07) is 10.5. The van der Waals surface area contributed by atoms with E-state index in [0.29, 0.717) is 29.0 Å². The highest BCUT2D eigenvalue weighted by atomic mass is 35.5. The highest BCUT2D eigenvalue weighted by molar-refractivity contribution is 6.30. The summed E-state index contributed by atoms with van der Waals surface area (Å²) in [5.74, 6) is 1.40. The van der Waals surface area contributed by atoms with Crippen molar-refractivity contribution >= 4 is 11.6 Å². The van der Waals surface area contributed by atoms with Gasteiger partial charge in [0.25, 0.3) is 6.20 Å². The van der Waals surface area contributed by atoms with E-state index in [1.165, 1.54) is 0 Å². The van der Waals surface area contributed by atoms with Gasteiger partial charge in [0.1, 0.15) is 5.75 Å². The van der Waals surface area contributed by atoms with Gasteiger partial charge >= 0.3 is 0 Å². The Balaban J connectivity index is 1.94. The van der Waals surface area contributed by atoms with Gasteiger partial charge in [-0.3, -0.25) is 10.1 Å². The fourth-order valence-corrected chi connectivity index (χ4v) is 1.83. The van der Waals surface area contributed by atoms with Crippen LogP contribution in [0.5, 0.6) is 11.6 Å². The lowest BCUT2D eigenvalue weighted by molar-refractivity contribution is -0.404. The van der Waals surface area contributed by atoms with E-state index in [9.17, 15) is 10.1 Å². The van der Waals surface area contributed by atoms with E-state index in [1.54, 1.807) is 43.6 Å². The highest BCUT2D eigenvalue weighted by Gasteiger charge is 2.02. The summed E-state index contributed by atoms with van der Waals surface area (Å²) in [7, 11) is 1.60. The molecule has 23 heavy (non-hydrogen) atoms. The van der Waals surface area contributed by atoms with Crippen LogP contribution in [0, 0.1) is 10.1 Å². The van der Waals surface area contributed by atoms with Crippen molar-refractivity contribution in [1.29, 1.82) is 0 Å². The van der Waals surface area contributed by atoms with Crippen LogP contribution in [0.4, 0.5) is 0 Å². The van der Waals surface area contributed by atoms with Crippen molar-refractivity contribution in [3.63, 3.8) is 0 Å². The van der Waals surface area contributed by atoms with Crippen molar-refractivity contribution in [3.05, 3.63) is 75.3 Å². The molecule has 0 radical (unpaired) electrons. The topological polar surface area (TPSA) is 89.3 Å². The zero-order valence-corrected chi connectivity index (χ0v) is 13.1. The maximum absolute atomic E-state index is 10.4. The Morgan fingerprint density at radius 2 is 2.09 bits per heavy atom. The first-order valence-electron chi connectivity index (χ1n) is 6.72. The molecule has 1 aromatic heterocycles. The second-order valence-corrected chi connectivity index (χ2v) is 4.93. The van der Waals surface area contributed by atoms with Crippen LogP contribution in [-0.2, 0) is 6.54 Å². The van der Waals surface area contributed by atoms with Crippen molar-refractivity contribution in [3.8, 4) is 11.6 Å². The number of nitro groups is 1. The molecule has 1 heterocycles. The molecule has 0 atom stereocenters.